The van der Waals surface area contributed by atoms with Crippen molar-refractivity contribution in [2.24, 2.45) is 4.99 Å². The van der Waals surface area contributed by atoms with Gasteiger partial charge in [-0.15, -0.1) is 10.2 Å². The summed E-state index contributed by atoms with van der Waals surface area (Å²) in [7, 11) is 0. The summed E-state index contributed by atoms with van der Waals surface area (Å²) >= 11 is 0. The van der Waals surface area contributed by atoms with E-state index in [2.05, 4.69) is 54.3 Å². The molecule has 138 valence electrons. The number of hydrogen-bond acceptors (Lipinski definition) is 7. The largest absolute Gasteiger partial charge is 0.332 e. The number of nitrogens with one attached hydrogen (secondary N) is 1. The SMILES string of the molecule is c1ccc2c(c1)nc1n2C2(CCCCC2)NC2=NCN(n3cnnc3)CN21. The average Bonchev–Trinajstić information content (AvgIpc) is 3.37. The first-order valence-electron chi connectivity index (χ1n) is 9.52. The van der Waals surface area contributed by atoms with Gasteiger partial charge in [-0.2, -0.15) is 0 Å². The molecule has 1 fully saturated rings. The Morgan fingerprint density at radius 1 is 1.00 bits per heavy atom. The number of para-hydroxylation sites is 2. The lowest BCUT2D eigenvalue weighted by molar-refractivity contribution is 0.170. The predicted octanol–water partition coefficient (Wildman–Crippen LogP) is 1.58. The van der Waals surface area contributed by atoms with E-state index in [0.717, 1.165) is 30.3 Å². The molecule has 9 nitrogen and oxygen atoms in total. The molecule has 0 radical (unpaired) electrons. The first-order valence-corrected chi connectivity index (χ1v) is 9.52. The highest BCUT2D eigenvalue weighted by Crippen LogP contribution is 2.41. The van der Waals surface area contributed by atoms with E-state index in [0.29, 0.717) is 13.3 Å². The van der Waals surface area contributed by atoms with Crippen LogP contribution in [0.4, 0.5) is 5.95 Å². The molecule has 1 N–H and O–H groups in total. The van der Waals surface area contributed by atoms with E-state index >= 15 is 0 Å². The molecule has 2 aliphatic heterocycles. The van der Waals surface area contributed by atoms with Crippen molar-refractivity contribution in [3.63, 3.8) is 0 Å². The van der Waals surface area contributed by atoms with Crippen LogP contribution < -0.4 is 15.2 Å². The molecule has 0 bridgehead atoms. The molecule has 2 aromatic heterocycles. The third-order valence-electron chi connectivity index (χ3n) is 5.91. The molecule has 3 aromatic rings. The Balaban J connectivity index is 1.52. The summed E-state index contributed by atoms with van der Waals surface area (Å²) in [5, 5.41) is 13.7. The Labute approximate surface area is 156 Å². The molecular formula is C18H21N9. The number of nitrogens with zero attached hydrogens (tertiary/aromatic N) is 8. The fourth-order valence-corrected chi connectivity index (χ4v) is 4.63. The lowest BCUT2D eigenvalue weighted by Crippen LogP contribution is -2.65. The van der Waals surface area contributed by atoms with Crippen molar-refractivity contribution in [1.29, 1.82) is 0 Å². The summed E-state index contributed by atoms with van der Waals surface area (Å²) in [4.78, 5) is 12.0. The summed E-state index contributed by atoms with van der Waals surface area (Å²) in [6.45, 7) is 1.20. The standard InChI is InChI=1S/C18H21N9/c1-4-8-18(9-5-1)23-16-19-10-25(24-11-20-21-12-24)13-26(16)17-22-14-6-2-3-7-15(14)27(17)18/h2-3,6-7,11-12H,1,4-5,8-10,13H2,(H,19,23). The molecule has 3 aliphatic rings. The summed E-state index contributed by atoms with van der Waals surface area (Å²) in [6, 6.07) is 8.41. The summed E-state index contributed by atoms with van der Waals surface area (Å²) < 4.78 is 4.29. The minimum Gasteiger partial charge on any atom is -0.332 e. The lowest BCUT2D eigenvalue weighted by atomic mass is 9.88. The Morgan fingerprint density at radius 3 is 2.67 bits per heavy atom. The second-order valence-electron chi connectivity index (χ2n) is 7.49. The molecule has 1 aliphatic carbocycles. The molecule has 0 amide bonds. The first kappa shape index (κ1) is 15.0. The number of benzene rings is 1. The van der Waals surface area contributed by atoms with Crippen LogP contribution >= 0.6 is 0 Å². The van der Waals surface area contributed by atoms with E-state index in [-0.39, 0.29) is 5.66 Å². The van der Waals surface area contributed by atoms with Gasteiger partial charge in [0.25, 0.3) is 0 Å². The predicted molar refractivity (Wildman–Crippen MR) is 102 cm³/mol. The Kier molecular flexibility index (Phi) is 3.03. The molecule has 6 rings (SSSR count). The van der Waals surface area contributed by atoms with Gasteiger partial charge in [0, 0.05) is 0 Å². The molecule has 1 spiro atoms. The van der Waals surface area contributed by atoms with Gasteiger partial charge in [-0.3, -0.25) is 14.5 Å². The van der Waals surface area contributed by atoms with Crippen molar-refractivity contribution in [3.05, 3.63) is 36.9 Å². The van der Waals surface area contributed by atoms with Crippen molar-refractivity contribution in [2.75, 3.05) is 23.2 Å². The van der Waals surface area contributed by atoms with Gasteiger partial charge < -0.3 is 5.32 Å². The van der Waals surface area contributed by atoms with E-state index in [9.17, 15) is 0 Å². The molecule has 4 heterocycles. The second-order valence-corrected chi connectivity index (χ2v) is 7.49. The second kappa shape index (κ2) is 5.45. The monoisotopic (exact) mass is 363 g/mol. The Morgan fingerprint density at radius 2 is 1.81 bits per heavy atom. The number of guanidine groups is 1. The maximum absolute atomic E-state index is 5.00. The van der Waals surface area contributed by atoms with Gasteiger partial charge in [0.2, 0.25) is 11.9 Å². The number of imidazole rings is 1. The molecule has 1 aromatic carbocycles. The van der Waals surface area contributed by atoms with E-state index < -0.39 is 0 Å². The van der Waals surface area contributed by atoms with E-state index in [1.165, 1.54) is 24.8 Å². The minimum absolute atomic E-state index is 0.127. The van der Waals surface area contributed by atoms with Crippen LogP contribution in [0.5, 0.6) is 0 Å². The first-order chi connectivity index (χ1) is 13.3. The van der Waals surface area contributed by atoms with Crippen LogP contribution in [-0.4, -0.2) is 43.7 Å². The Bertz CT molecular complexity index is 1010. The zero-order chi connectivity index (χ0) is 17.8. The lowest BCUT2D eigenvalue weighted by Gasteiger charge is -2.49. The average molecular weight is 363 g/mol. The van der Waals surface area contributed by atoms with Crippen LogP contribution in [0.25, 0.3) is 11.0 Å². The van der Waals surface area contributed by atoms with Crippen LogP contribution in [-0.2, 0) is 5.66 Å². The summed E-state index contributed by atoms with van der Waals surface area (Å²) in [5.41, 5.74) is 2.09. The van der Waals surface area contributed by atoms with Gasteiger partial charge in [0.05, 0.1) is 11.0 Å². The number of anilines is 1. The van der Waals surface area contributed by atoms with Crippen LogP contribution in [0.15, 0.2) is 41.9 Å². The molecule has 0 saturated heterocycles. The minimum atomic E-state index is -0.127. The Hall–Kier alpha value is -3.10. The van der Waals surface area contributed by atoms with Crippen LogP contribution in [0.1, 0.15) is 32.1 Å². The van der Waals surface area contributed by atoms with Gasteiger partial charge in [0.15, 0.2) is 0 Å². The zero-order valence-electron chi connectivity index (χ0n) is 15.0. The number of fused-ring (bicyclic) bond motifs is 6. The number of aliphatic imine (C=N–C) groups is 1. The van der Waals surface area contributed by atoms with Gasteiger partial charge >= 0.3 is 0 Å². The van der Waals surface area contributed by atoms with Gasteiger partial charge in [-0.25, -0.2) is 14.7 Å². The topological polar surface area (TPSA) is 79.4 Å². The third kappa shape index (κ3) is 2.11. The molecule has 0 unspecified atom stereocenters. The summed E-state index contributed by atoms with van der Waals surface area (Å²) in [5.74, 6) is 1.89. The van der Waals surface area contributed by atoms with E-state index in [1.807, 2.05) is 4.68 Å². The molecule has 27 heavy (non-hydrogen) atoms. The molecular weight excluding hydrogens is 342 g/mol. The number of hydrogen-bond donors (Lipinski definition) is 1. The van der Waals surface area contributed by atoms with E-state index in [1.54, 1.807) is 12.7 Å². The third-order valence-corrected chi connectivity index (χ3v) is 5.91. The maximum Gasteiger partial charge on any atom is 0.216 e. The van der Waals surface area contributed by atoms with Gasteiger partial charge in [0.1, 0.15) is 31.7 Å². The summed E-state index contributed by atoms with van der Waals surface area (Å²) in [6.07, 6.45) is 9.33. The van der Waals surface area contributed by atoms with Crippen molar-refractivity contribution in [2.45, 2.75) is 37.8 Å². The zero-order valence-corrected chi connectivity index (χ0v) is 15.0. The molecule has 0 atom stereocenters. The van der Waals surface area contributed by atoms with Crippen molar-refractivity contribution in [3.8, 4) is 0 Å². The fraction of sp³-hybridized carbons (Fsp3) is 0.444. The number of rotatable bonds is 1. The normalized spacial score (nSPS) is 21.0. The van der Waals surface area contributed by atoms with Crippen molar-refractivity contribution in [1.82, 2.24) is 29.7 Å². The van der Waals surface area contributed by atoms with Crippen LogP contribution in [0.3, 0.4) is 0 Å². The highest BCUT2D eigenvalue weighted by Gasteiger charge is 2.45. The smallest absolute Gasteiger partial charge is 0.216 e. The quantitative estimate of drug-likeness (QED) is 0.707. The van der Waals surface area contributed by atoms with Crippen LogP contribution in [0, 0.1) is 0 Å². The number of aromatic nitrogens is 5. The van der Waals surface area contributed by atoms with Crippen LogP contribution in [0.2, 0.25) is 0 Å². The maximum atomic E-state index is 5.00. The van der Waals surface area contributed by atoms with Crippen molar-refractivity contribution < 1.29 is 0 Å². The molecule has 9 heteroatoms. The molecule has 1 saturated carbocycles. The highest BCUT2D eigenvalue weighted by molar-refractivity contribution is 5.99. The highest BCUT2D eigenvalue weighted by atomic mass is 15.7. The van der Waals surface area contributed by atoms with Gasteiger partial charge in [-0.1, -0.05) is 18.6 Å². The fourth-order valence-electron chi connectivity index (χ4n) is 4.63. The van der Waals surface area contributed by atoms with Crippen molar-refractivity contribution >= 4 is 22.9 Å². The van der Waals surface area contributed by atoms with E-state index in [4.69, 9.17) is 9.98 Å². The van der Waals surface area contributed by atoms with Gasteiger partial charge in [-0.05, 0) is 37.8 Å².